The number of hydrogen-bond donors (Lipinski definition) is 2. The monoisotopic (exact) mass is 503 g/mol. The summed E-state index contributed by atoms with van der Waals surface area (Å²) in [6.45, 7) is 0.541. The number of anilines is 1. The molecule has 0 saturated heterocycles. The normalized spacial score (nSPS) is 12.4. The van der Waals surface area contributed by atoms with E-state index in [-0.39, 0.29) is 23.4 Å². The van der Waals surface area contributed by atoms with Crippen molar-refractivity contribution in [3.05, 3.63) is 106 Å². The zero-order valence-electron chi connectivity index (χ0n) is 18.9. The molecular weight excluding hydrogens is 482 g/mol. The van der Waals surface area contributed by atoms with Crippen molar-refractivity contribution >= 4 is 34.6 Å². The highest BCUT2D eigenvalue weighted by molar-refractivity contribution is 6.33. The molecule has 0 fully saturated rings. The van der Waals surface area contributed by atoms with Gasteiger partial charge in [0, 0.05) is 37.3 Å². The number of hydrogen-bond acceptors (Lipinski definition) is 3. The Bertz CT molecular complexity index is 1270. The van der Waals surface area contributed by atoms with E-state index < -0.39 is 29.2 Å². The number of nitrogens with zero attached hydrogens (tertiary/aromatic N) is 1. The summed E-state index contributed by atoms with van der Waals surface area (Å²) >= 11 is 6.22. The lowest BCUT2D eigenvalue weighted by Crippen LogP contribution is -2.24. The van der Waals surface area contributed by atoms with Crippen molar-refractivity contribution in [1.29, 1.82) is 0 Å². The van der Waals surface area contributed by atoms with Gasteiger partial charge in [-0.05, 0) is 54.1 Å². The quantitative estimate of drug-likeness (QED) is 0.264. The third-order valence-electron chi connectivity index (χ3n) is 5.02. The Kier molecular flexibility index (Phi) is 8.30. The van der Waals surface area contributed by atoms with Crippen molar-refractivity contribution in [3.63, 3.8) is 0 Å². The Morgan fingerprint density at radius 1 is 1.03 bits per heavy atom. The summed E-state index contributed by atoms with van der Waals surface area (Å²) < 4.78 is 55.1. The summed E-state index contributed by atoms with van der Waals surface area (Å²) in [6.07, 6.45) is 1.21. The number of aliphatic imine (C=N–C) groups is 1. The first-order chi connectivity index (χ1) is 16.6. The van der Waals surface area contributed by atoms with Crippen LogP contribution in [-0.4, -0.2) is 24.6 Å². The van der Waals surface area contributed by atoms with Crippen molar-refractivity contribution in [2.75, 3.05) is 12.4 Å². The molecule has 0 radical (unpaired) electrons. The first kappa shape index (κ1) is 26.0. The van der Waals surface area contributed by atoms with Gasteiger partial charge in [-0.2, -0.15) is 8.78 Å². The lowest BCUT2D eigenvalue weighted by Gasteiger charge is -2.16. The van der Waals surface area contributed by atoms with E-state index in [1.807, 2.05) is 0 Å². The van der Waals surface area contributed by atoms with Crippen molar-refractivity contribution < 1.29 is 22.4 Å². The van der Waals surface area contributed by atoms with Gasteiger partial charge in [-0.3, -0.25) is 9.79 Å². The summed E-state index contributed by atoms with van der Waals surface area (Å²) in [5.41, 5.74) is 1.07. The zero-order valence-corrected chi connectivity index (χ0v) is 19.6. The minimum Gasteiger partial charge on any atom is -0.354 e. The highest BCUT2D eigenvalue weighted by Crippen LogP contribution is 2.27. The Hall–Kier alpha value is -3.65. The van der Waals surface area contributed by atoms with Crippen LogP contribution in [0.25, 0.3) is 5.70 Å². The van der Waals surface area contributed by atoms with E-state index in [2.05, 4.69) is 15.6 Å². The van der Waals surface area contributed by atoms with Crippen molar-refractivity contribution in [2.45, 2.75) is 19.4 Å². The second-order valence-electron chi connectivity index (χ2n) is 7.66. The maximum Gasteiger partial charge on any atom is 0.286 e. The fourth-order valence-corrected chi connectivity index (χ4v) is 3.36. The molecule has 0 unspecified atom stereocenters. The molecule has 9 heteroatoms. The molecule has 0 heterocycles. The maximum atomic E-state index is 14.0. The molecule has 182 valence electrons. The summed E-state index contributed by atoms with van der Waals surface area (Å²) in [7, 11) is 1.27. The average Bonchev–Trinajstić information content (AvgIpc) is 2.82. The number of para-hydroxylation sites is 1. The fraction of sp³-hybridized carbons (Fsp3) is 0.154. The predicted octanol–water partition coefficient (Wildman–Crippen LogP) is 6.73. The van der Waals surface area contributed by atoms with Gasteiger partial charge in [0.05, 0.1) is 10.7 Å². The van der Waals surface area contributed by atoms with Gasteiger partial charge in [0.2, 0.25) is 0 Å². The van der Waals surface area contributed by atoms with Gasteiger partial charge in [-0.1, -0.05) is 35.9 Å². The van der Waals surface area contributed by atoms with Gasteiger partial charge in [0.1, 0.15) is 17.3 Å². The molecule has 0 aromatic heterocycles. The van der Waals surface area contributed by atoms with Gasteiger partial charge < -0.3 is 10.6 Å². The van der Waals surface area contributed by atoms with Gasteiger partial charge in [0.15, 0.2) is 0 Å². The number of carbonyl (C=O) groups excluding carboxylic acids is 1. The second kappa shape index (κ2) is 11.2. The highest BCUT2D eigenvalue weighted by Gasteiger charge is 2.28. The molecule has 3 aromatic rings. The van der Waals surface area contributed by atoms with E-state index in [1.54, 1.807) is 36.4 Å². The van der Waals surface area contributed by atoms with Gasteiger partial charge in [-0.25, -0.2) is 8.78 Å². The lowest BCUT2D eigenvalue weighted by atomic mass is 10.0. The number of nitrogens with one attached hydrogen (secondary N) is 2. The highest BCUT2D eigenvalue weighted by atomic mass is 35.5. The van der Waals surface area contributed by atoms with E-state index in [1.165, 1.54) is 25.3 Å². The van der Waals surface area contributed by atoms with Gasteiger partial charge >= 0.3 is 0 Å². The maximum absolute atomic E-state index is 14.0. The first-order valence-corrected chi connectivity index (χ1v) is 10.9. The lowest BCUT2D eigenvalue weighted by molar-refractivity contribution is 0.0949. The number of carbonyl (C=O) groups is 1. The fourth-order valence-electron chi connectivity index (χ4n) is 3.18. The van der Waals surface area contributed by atoms with Gasteiger partial charge in [-0.15, -0.1) is 0 Å². The topological polar surface area (TPSA) is 53.5 Å². The van der Waals surface area contributed by atoms with Crippen molar-refractivity contribution in [1.82, 2.24) is 5.32 Å². The van der Waals surface area contributed by atoms with Crippen LogP contribution in [0.5, 0.6) is 0 Å². The van der Waals surface area contributed by atoms with Crippen LogP contribution in [0.4, 0.5) is 23.2 Å². The van der Waals surface area contributed by atoms with Crippen LogP contribution in [-0.2, 0) is 6.54 Å². The van der Waals surface area contributed by atoms with Crippen LogP contribution in [0, 0.1) is 11.6 Å². The number of rotatable bonds is 8. The summed E-state index contributed by atoms with van der Waals surface area (Å²) in [6, 6.07) is 15.9. The molecule has 0 spiro atoms. The number of allylic oxidation sites excluding steroid dienone is 1. The van der Waals surface area contributed by atoms with Gasteiger partial charge in [0.25, 0.3) is 11.8 Å². The minimum atomic E-state index is -3.19. The smallest absolute Gasteiger partial charge is 0.286 e. The van der Waals surface area contributed by atoms with Crippen LogP contribution >= 0.6 is 11.6 Å². The molecule has 0 saturated carbocycles. The number of benzene rings is 3. The minimum absolute atomic E-state index is 0.0102. The standard InChI is InChI=1S/C26H22ClF4N3O/c1-26(30,31)24(32-2)14-23(34-22-6-4-3-5-20(22)27)16-7-9-17(10-8-16)25(35)33-15-18-13-19(28)11-12-21(18)29/h3-14,34H,15H2,1-2H3,(H,33,35)/b23-14-,32-24+. The SMILES string of the molecule is C/N=C(\C=C(/Nc1ccccc1Cl)c1ccc(C(=O)NCc2cc(F)ccc2F)cc1)C(C)(F)F. The van der Waals surface area contributed by atoms with Crippen molar-refractivity contribution in [3.8, 4) is 0 Å². The number of halogens is 5. The predicted molar refractivity (Wildman–Crippen MR) is 131 cm³/mol. The van der Waals surface area contributed by atoms with E-state index in [0.29, 0.717) is 16.3 Å². The molecule has 4 nitrogen and oxygen atoms in total. The van der Waals surface area contributed by atoms with Crippen molar-refractivity contribution in [2.24, 2.45) is 4.99 Å². The number of alkyl halides is 2. The molecule has 0 aliphatic rings. The van der Waals surface area contributed by atoms with Crippen LogP contribution in [0.3, 0.4) is 0 Å². The Morgan fingerprint density at radius 3 is 2.31 bits per heavy atom. The molecule has 2 N–H and O–H groups in total. The second-order valence-corrected chi connectivity index (χ2v) is 8.06. The molecule has 0 bridgehead atoms. The molecule has 0 aliphatic carbocycles. The van der Waals surface area contributed by atoms with Crippen LogP contribution in [0.1, 0.15) is 28.4 Å². The van der Waals surface area contributed by atoms with Crippen LogP contribution < -0.4 is 10.6 Å². The zero-order chi connectivity index (χ0) is 25.6. The molecule has 0 atom stereocenters. The molecular formula is C26H22ClF4N3O. The largest absolute Gasteiger partial charge is 0.354 e. The number of amides is 1. The summed E-state index contributed by atoms with van der Waals surface area (Å²) in [4.78, 5) is 16.2. The Balaban J connectivity index is 1.85. The van der Waals surface area contributed by atoms with E-state index in [0.717, 1.165) is 25.1 Å². The van der Waals surface area contributed by atoms with E-state index in [9.17, 15) is 22.4 Å². The Morgan fingerprint density at radius 2 is 1.69 bits per heavy atom. The molecule has 0 aliphatic heterocycles. The van der Waals surface area contributed by atoms with E-state index in [4.69, 9.17) is 11.6 Å². The van der Waals surface area contributed by atoms with E-state index >= 15 is 0 Å². The van der Waals surface area contributed by atoms with Crippen LogP contribution in [0.15, 0.2) is 77.8 Å². The molecule has 35 heavy (non-hydrogen) atoms. The van der Waals surface area contributed by atoms with Crippen LogP contribution in [0.2, 0.25) is 5.02 Å². The summed E-state index contributed by atoms with van der Waals surface area (Å²) in [5.74, 6) is -4.95. The molecule has 1 amide bonds. The molecule has 3 aromatic carbocycles. The molecule has 3 rings (SSSR count). The first-order valence-electron chi connectivity index (χ1n) is 10.5. The summed E-state index contributed by atoms with van der Waals surface area (Å²) in [5, 5.41) is 5.96. The Labute approximate surface area is 205 Å². The third kappa shape index (κ3) is 6.93. The third-order valence-corrected chi connectivity index (χ3v) is 5.35. The average molecular weight is 504 g/mol.